The number of hydrogen-bond donors (Lipinski definition) is 3. The number of aliphatic carboxylic acids is 1. The Morgan fingerprint density at radius 2 is 1.73 bits per heavy atom. The van der Waals surface area contributed by atoms with Gasteiger partial charge in [-0.15, -0.1) is 0 Å². The minimum Gasteiger partial charge on any atom is -0.480 e. The van der Waals surface area contributed by atoms with Gasteiger partial charge in [0.1, 0.15) is 6.04 Å². The van der Waals surface area contributed by atoms with Crippen molar-refractivity contribution in [2.75, 3.05) is 0 Å². The molecule has 0 radical (unpaired) electrons. The van der Waals surface area contributed by atoms with E-state index in [1.54, 1.807) is 38.4 Å². The van der Waals surface area contributed by atoms with Crippen LogP contribution in [0.15, 0.2) is 24.5 Å². The molecule has 0 bridgehead atoms. The Bertz CT molecular complexity index is 517. The van der Waals surface area contributed by atoms with Crippen molar-refractivity contribution < 1.29 is 19.5 Å². The third-order valence-electron chi connectivity index (χ3n) is 3.07. The topological polar surface area (TPSA) is 108 Å². The quantitative estimate of drug-likeness (QED) is 0.655. The lowest BCUT2D eigenvalue weighted by Crippen LogP contribution is -2.44. The minimum absolute atomic E-state index is 0.0152. The summed E-state index contributed by atoms with van der Waals surface area (Å²) in [6, 6.07) is 2.63. The van der Waals surface area contributed by atoms with Gasteiger partial charge in [0.05, 0.1) is 0 Å². The molecule has 0 saturated heterocycles. The summed E-state index contributed by atoms with van der Waals surface area (Å²) in [7, 11) is 0. The number of carbonyl (C=O) groups is 3. The Kier molecular flexibility index (Phi) is 7.01. The fraction of sp³-hybridized carbons (Fsp3) is 0.467. The van der Waals surface area contributed by atoms with E-state index < -0.39 is 17.9 Å². The first-order chi connectivity index (χ1) is 10.4. The number of pyridine rings is 1. The molecule has 7 nitrogen and oxygen atoms in total. The summed E-state index contributed by atoms with van der Waals surface area (Å²) in [6.07, 6.45) is 3.24. The Morgan fingerprint density at radius 1 is 1.14 bits per heavy atom. The molecule has 0 spiro atoms. The van der Waals surface area contributed by atoms with Crippen molar-refractivity contribution in [1.29, 1.82) is 0 Å². The zero-order valence-electron chi connectivity index (χ0n) is 12.7. The molecule has 0 aliphatic carbocycles. The zero-order valence-corrected chi connectivity index (χ0v) is 12.7. The first kappa shape index (κ1) is 17.6. The van der Waals surface area contributed by atoms with E-state index in [1.165, 1.54) is 0 Å². The second-order valence-corrected chi connectivity index (χ2v) is 5.26. The molecule has 0 fully saturated rings. The maximum absolute atomic E-state index is 11.7. The lowest BCUT2D eigenvalue weighted by Gasteiger charge is -2.17. The predicted molar refractivity (Wildman–Crippen MR) is 79.7 cm³/mol. The fourth-order valence-electron chi connectivity index (χ4n) is 1.78. The van der Waals surface area contributed by atoms with E-state index in [0.717, 1.165) is 5.56 Å². The number of hydrogen-bond acceptors (Lipinski definition) is 4. The van der Waals surface area contributed by atoms with Gasteiger partial charge in [-0.05, 0) is 23.6 Å². The third kappa shape index (κ3) is 6.34. The summed E-state index contributed by atoms with van der Waals surface area (Å²) in [5.74, 6) is -2.00. The van der Waals surface area contributed by atoms with Gasteiger partial charge in [0.15, 0.2) is 0 Å². The van der Waals surface area contributed by atoms with Crippen LogP contribution in [-0.2, 0) is 20.9 Å². The van der Waals surface area contributed by atoms with E-state index in [1.807, 2.05) is 0 Å². The number of nitrogens with one attached hydrogen (secondary N) is 2. The Balaban J connectivity index is 2.31. The van der Waals surface area contributed by atoms with Crippen LogP contribution in [-0.4, -0.2) is 33.9 Å². The Morgan fingerprint density at radius 3 is 2.27 bits per heavy atom. The largest absolute Gasteiger partial charge is 0.480 e. The highest BCUT2D eigenvalue weighted by molar-refractivity contribution is 5.87. The number of carboxylic acids is 1. The highest BCUT2D eigenvalue weighted by Crippen LogP contribution is 2.03. The first-order valence-corrected chi connectivity index (χ1v) is 7.08. The molecular weight excluding hydrogens is 286 g/mol. The summed E-state index contributed by atoms with van der Waals surface area (Å²) in [5.41, 5.74) is 0.915. The van der Waals surface area contributed by atoms with Crippen molar-refractivity contribution in [2.45, 2.75) is 39.3 Å². The first-order valence-electron chi connectivity index (χ1n) is 7.08. The SMILES string of the molecule is CC(C)C(NC(=O)CCC(=O)NCc1ccncc1)C(=O)O. The van der Waals surface area contributed by atoms with Crippen molar-refractivity contribution in [3.63, 3.8) is 0 Å². The van der Waals surface area contributed by atoms with E-state index >= 15 is 0 Å². The molecule has 3 N–H and O–H groups in total. The zero-order chi connectivity index (χ0) is 16.5. The van der Waals surface area contributed by atoms with Crippen LogP contribution >= 0.6 is 0 Å². The second-order valence-electron chi connectivity index (χ2n) is 5.26. The molecule has 1 atom stereocenters. The Hall–Kier alpha value is -2.44. The van der Waals surface area contributed by atoms with Crippen LogP contribution in [0.1, 0.15) is 32.3 Å². The summed E-state index contributed by atoms with van der Waals surface area (Å²) in [4.78, 5) is 38.2. The van der Waals surface area contributed by atoms with E-state index in [0.29, 0.717) is 6.54 Å². The minimum atomic E-state index is -1.08. The number of carboxylic acid groups (broad SMARTS) is 1. The average molecular weight is 307 g/mol. The second kappa shape index (κ2) is 8.76. The van der Waals surface area contributed by atoms with Crippen LogP contribution in [0.3, 0.4) is 0 Å². The van der Waals surface area contributed by atoms with Gasteiger partial charge in [-0.3, -0.25) is 14.6 Å². The number of nitrogens with zero attached hydrogens (tertiary/aromatic N) is 1. The van der Waals surface area contributed by atoms with Crippen molar-refractivity contribution in [3.8, 4) is 0 Å². The van der Waals surface area contributed by atoms with Crippen molar-refractivity contribution in [3.05, 3.63) is 30.1 Å². The van der Waals surface area contributed by atoms with E-state index in [2.05, 4.69) is 15.6 Å². The van der Waals surface area contributed by atoms with Crippen molar-refractivity contribution in [2.24, 2.45) is 5.92 Å². The van der Waals surface area contributed by atoms with Crippen LogP contribution in [0.5, 0.6) is 0 Å². The highest BCUT2D eigenvalue weighted by Gasteiger charge is 2.23. The van der Waals surface area contributed by atoms with Crippen LogP contribution in [0.25, 0.3) is 0 Å². The molecular formula is C15H21N3O4. The van der Waals surface area contributed by atoms with Gasteiger partial charge in [0.2, 0.25) is 11.8 Å². The lowest BCUT2D eigenvalue weighted by molar-refractivity contribution is -0.143. The molecule has 2 amide bonds. The smallest absolute Gasteiger partial charge is 0.326 e. The van der Waals surface area contributed by atoms with Gasteiger partial charge in [-0.25, -0.2) is 4.79 Å². The van der Waals surface area contributed by atoms with Crippen LogP contribution in [0, 0.1) is 5.92 Å². The molecule has 1 rings (SSSR count). The van der Waals surface area contributed by atoms with Gasteiger partial charge in [-0.1, -0.05) is 13.8 Å². The molecule has 0 aromatic carbocycles. The van der Waals surface area contributed by atoms with Gasteiger partial charge < -0.3 is 15.7 Å². The van der Waals surface area contributed by atoms with E-state index in [-0.39, 0.29) is 24.7 Å². The molecule has 7 heteroatoms. The van der Waals surface area contributed by atoms with Crippen LogP contribution in [0.2, 0.25) is 0 Å². The van der Waals surface area contributed by atoms with Crippen molar-refractivity contribution in [1.82, 2.24) is 15.6 Å². The molecule has 1 heterocycles. The maximum atomic E-state index is 11.7. The van der Waals surface area contributed by atoms with Gasteiger partial charge in [-0.2, -0.15) is 0 Å². The predicted octanol–water partition coefficient (Wildman–Crippen LogP) is 0.703. The third-order valence-corrected chi connectivity index (χ3v) is 3.07. The molecule has 0 aliphatic rings. The molecule has 1 aromatic heterocycles. The van der Waals surface area contributed by atoms with Crippen LogP contribution < -0.4 is 10.6 Å². The highest BCUT2D eigenvalue weighted by atomic mass is 16.4. The molecule has 0 saturated carbocycles. The van der Waals surface area contributed by atoms with Crippen molar-refractivity contribution >= 4 is 17.8 Å². The fourth-order valence-corrected chi connectivity index (χ4v) is 1.78. The monoisotopic (exact) mass is 307 g/mol. The summed E-state index contributed by atoms with van der Waals surface area (Å²) < 4.78 is 0. The number of amides is 2. The van der Waals surface area contributed by atoms with E-state index in [4.69, 9.17) is 5.11 Å². The Labute approximate surface area is 129 Å². The molecule has 1 aromatic rings. The number of aromatic nitrogens is 1. The summed E-state index contributed by atoms with van der Waals surface area (Å²) >= 11 is 0. The normalized spacial score (nSPS) is 11.8. The van der Waals surface area contributed by atoms with E-state index in [9.17, 15) is 14.4 Å². The molecule has 1 unspecified atom stereocenters. The molecule has 120 valence electrons. The maximum Gasteiger partial charge on any atom is 0.326 e. The summed E-state index contributed by atoms with van der Waals surface area (Å²) in [6.45, 7) is 3.79. The van der Waals surface area contributed by atoms with Gasteiger partial charge in [0, 0.05) is 31.8 Å². The molecule has 0 aliphatic heterocycles. The lowest BCUT2D eigenvalue weighted by atomic mass is 10.0. The van der Waals surface area contributed by atoms with Gasteiger partial charge >= 0.3 is 5.97 Å². The summed E-state index contributed by atoms with van der Waals surface area (Å²) in [5, 5.41) is 14.1. The number of carbonyl (C=O) groups excluding carboxylic acids is 2. The standard InChI is InChI=1S/C15H21N3O4/c1-10(2)14(15(21)22)18-13(20)4-3-12(19)17-9-11-5-7-16-8-6-11/h5-8,10,14H,3-4,9H2,1-2H3,(H,17,19)(H,18,20)(H,21,22). The average Bonchev–Trinajstić information content (AvgIpc) is 2.49. The van der Waals surface area contributed by atoms with Crippen LogP contribution in [0.4, 0.5) is 0 Å². The van der Waals surface area contributed by atoms with Gasteiger partial charge in [0.25, 0.3) is 0 Å². The molecule has 22 heavy (non-hydrogen) atoms. The number of rotatable bonds is 8.